The number of hydrogen-bond acceptors (Lipinski definition) is 7. The van der Waals surface area contributed by atoms with Gasteiger partial charge in [0.1, 0.15) is 27.5 Å². The number of carbonyl (C=O) groups is 1. The van der Waals surface area contributed by atoms with Crippen LogP contribution >= 0.6 is 24.0 Å². The minimum absolute atomic E-state index is 0.0793. The van der Waals surface area contributed by atoms with Crippen molar-refractivity contribution in [3.8, 4) is 11.8 Å². The summed E-state index contributed by atoms with van der Waals surface area (Å²) in [4.78, 5) is 27.9. The van der Waals surface area contributed by atoms with Gasteiger partial charge in [-0.15, -0.1) is 0 Å². The summed E-state index contributed by atoms with van der Waals surface area (Å²) in [5.41, 5.74) is 1.91. The van der Waals surface area contributed by atoms with Gasteiger partial charge in [0, 0.05) is 25.2 Å². The maximum atomic E-state index is 13.1. The standard InChI is InChI=1S/C24H26N4O3S2/c1-5-11-28-21(26-14-16-7-9-17(31-4)10-8-16)18(15(3)19(13-25)22(28)29)12-20-23(30)27(6-2)24(32)33-20/h7-10,12,26H,5-6,11,14H2,1-4H3/b20-12+. The van der Waals surface area contributed by atoms with E-state index in [-0.39, 0.29) is 17.0 Å². The molecule has 1 aromatic heterocycles. The van der Waals surface area contributed by atoms with Crippen LogP contribution in [0.25, 0.3) is 6.08 Å². The monoisotopic (exact) mass is 482 g/mol. The van der Waals surface area contributed by atoms with Gasteiger partial charge in [0.25, 0.3) is 11.5 Å². The zero-order chi connectivity index (χ0) is 24.1. The topological polar surface area (TPSA) is 87.4 Å². The summed E-state index contributed by atoms with van der Waals surface area (Å²) in [7, 11) is 1.61. The molecule has 0 aliphatic carbocycles. The number of pyridine rings is 1. The van der Waals surface area contributed by atoms with Crippen LogP contribution in [-0.4, -0.2) is 33.3 Å². The van der Waals surface area contributed by atoms with Crippen LogP contribution in [-0.2, 0) is 17.9 Å². The highest BCUT2D eigenvalue weighted by molar-refractivity contribution is 8.26. The molecule has 2 heterocycles. The highest BCUT2D eigenvalue weighted by Gasteiger charge is 2.31. The molecule has 1 amide bonds. The SMILES string of the molecule is CCCn1c(NCc2ccc(OC)cc2)c(/C=C2/SC(=S)N(CC)C2=O)c(C)c(C#N)c1=O. The van der Waals surface area contributed by atoms with Gasteiger partial charge in [0.15, 0.2) is 0 Å². The van der Waals surface area contributed by atoms with E-state index in [4.69, 9.17) is 17.0 Å². The maximum absolute atomic E-state index is 13.1. The van der Waals surface area contributed by atoms with Crippen LogP contribution in [0.1, 0.15) is 42.5 Å². The Morgan fingerprint density at radius 1 is 1.24 bits per heavy atom. The molecule has 1 N–H and O–H groups in total. The lowest BCUT2D eigenvalue weighted by molar-refractivity contribution is -0.121. The molecule has 1 aromatic carbocycles. The van der Waals surface area contributed by atoms with Gasteiger partial charge in [0.2, 0.25) is 0 Å². The maximum Gasteiger partial charge on any atom is 0.270 e. The Morgan fingerprint density at radius 2 is 1.94 bits per heavy atom. The third-order valence-corrected chi connectivity index (χ3v) is 6.78. The Kier molecular flexibility index (Phi) is 7.95. The third kappa shape index (κ3) is 4.97. The summed E-state index contributed by atoms with van der Waals surface area (Å²) in [5.74, 6) is 1.17. The largest absolute Gasteiger partial charge is 0.497 e. The van der Waals surface area contributed by atoms with E-state index in [0.717, 1.165) is 11.3 Å². The van der Waals surface area contributed by atoms with Crippen molar-refractivity contribution in [1.82, 2.24) is 9.47 Å². The molecule has 33 heavy (non-hydrogen) atoms. The zero-order valence-electron chi connectivity index (χ0n) is 19.1. The number of thiocarbonyl (C=S) groups is 1. The number of thioether (sulfide) groups is 1. The van der Waals surface area contributed by atoms with Crippen molar-refractivity contribution in [1.29, 1.82) is 5.26 Å². The van der Waals surface area contributed by atoms with Crippen molar-refractivity contribution in [2.45, 2.75) is 40.3 Å². The second kappa shape index (κ2) is 10.7. The molecule has 0 radical (unpaired) electrons. The van der Waals surface area contributed by atoms with Crippen LogP contribution in [0.2, 0.25) is 0 Å². The number of aromatic nitrogens is 1. The second-order valence-electron chi connectivity index (χ2n) is 7.46. The molecule has 172 valence electrons. The fourth-order valence-corrected chi connectivity index (χ4v) is 4.99. The van der Waals surface area contributed by atoms with Gasteiger partial charge >= 0.3 is 0 Å². The Balaban J connectivity index is 2.13. The molecule has 0 unspecified atom stereocenters. The molecule has 1 fully saturated rings. The lowest BCUT2D eigenvalue weighted by Crippen LogP contribution is -2.28. The van der Waals surface area contributed by atoms with E-state index in [2.05, 4.69) is 5.32 Å². The van der Waals surface area contributed by atoms with Crippen LogP contribution < -0.4 is 15.6 Å². The first kappa shape index (κ1) is 24.6. The van der Waals surface area contributed by atoms with Gasteiger partial charge in [-0.2, -0.15) is 5.26 Å². The molecule has 3 rings (SSSR count). The molecule has 1 saturated heterocycles. The number of nitriles is 1. The van der Waals surface area contributed by atoms with E-state index in [1.165, 1.54) is 11.8 Å². The number of anilines is 1. The smallest absolute Gasteiger partial charge is 0.270 e. The summed E-state index contributed by atoms with van der Waals surface area (Å²) >= 11 is 6.57. The van der Waals surface area contributed by atoms with E-state index in [0.29, 0.717) is 52.2 Å². The van der Waals surface area contributed by atoms with Crippen molar-refractivity contribution in [2.24, 2.45) is 0 Å². The van der Waals surface area contributed by atoms with Crippen molar-refractivity contribution >= 4 is 46.1 Å². The Bertz CT molecular complexity index is 1210. The van der Waals surface area contributed by atoms with Gasteiger partial charge in [-0.05, 0) is 49.6 Å². The average Bonchev–Trinajstić information content (AvgIpc) is 3.09. The first-order valence-corrected chi connectivity index (χ1v) is 11.9. The number of nitrogens with zero attached hydrogens (tertiary/aromatic N) is 3. The summed E-state index contributed by atoms with van der Waals surface area (Å²) in [6.07, 6.45) is 2.45. The number of methoxy groups -OCH3 is 1. The Hall–Kier alpha value is -3.09. The summed E-state index contributed by atoms with van der Waals surface area (Å²) in [6, 6.07) is 9.68. The predicted octanol–water partition coefficient (Wildman–Crippen LogP) is 4.28. The molecule has 0 spiro atoms. The normalized spacial score (nSPS) is 14.6. The number of amides is 1. The quantitative estimate of drug-likeness (QED) is 0.444. The van der Waals surface area contributed by atoms with Gasteiger partial charge in [0.05, 0.1) is 12.0 Å². The number of ether oxygens (including phenoxy) is 1. The summed E-state index contributed by atoms with van der Waals surface area (Å²) in [6.45, 7) is 6.96. The summed E-state index contributed by atoms with van der Waals surface area (Å²) in [5, 5.41) is 13.1. The van der Waals surface area contributed by atoms with E-state index >= 15 is 0 Å². The lowest BCUT2D eigenvalue weighted by Gasteiger charge is -2.20. The fraction of sp³-hybridized carbons (Fsp3) is 0.333. The summed E-state index contributed by atoms with van der Waals surface area (Å²) < 4.78 is 7.30. The molecular weight excluding hydrogens is 456 g/mol. The van der Waals surface area contributed by atoms with Gasteiger partial charge in [-0.3, -0.25) is 19.1 Å². The molecule has 1 aliphatic rings. The number of benzene rings is 1. The number of likely N-dealkylation sites (N-methyl/N-ethyl adjacent to an activating group) is 1. The lowest BCUT2D eigenvalue weighted by atomic mass is 10.0. The third-order valence-electron chi connectivity index (χ3n) is 5.41. The minimum Gasteiger partial charge on any atom is -0.497 e. The van der Waals surface area contributed by atoms with Gasteiger partial charge in [-0.25, -0.2) is 0 Å². The van der Waals surface area contributed by atoms with Crippen LogP contribution in [0.3, 0.4) is 0 Å². The van der Waals surface area contributed by atoms with E-state index in [1.54, 1.807) is 29.6 Å². The minimum atomic E-state index is -0.340. The molecule has 9 heteroatoms. The molecule has 7 nitrogen and oxygen atoms in total. The molecule has 2 aromatic rings. The van der Waals surface area contributed by atoms with E-state index < -0.39 is 0 Å². The Morgan fingerprint density at radius 3 is 2.48 bits per heavy atom. The van der Waals surface area contributed by atoms with Crippen LogP contribution in [0.15, 0.2) is 34.0 Å². The van der Waals surface area contributed by atoms with Crippen molar-refractivity contribution in [3.63, 3.8) is 0 Å². The number of carbonyl (C=O) groups excluding carboxylic acids is 1. The molecule has 0 saturated carbocycles. The van der Waals surface area contributed by atoms with Crippen molar-refractivity contribution < 1.29 is 9.53 Å². The first-order valence-electron chi connectivity index (χ1n) is 10.7. The molecular formula is C24H26N4O3S2. The fourth-order valence-electron chi connectivity index (χ4n) is 3.62. The second-order valence-corrected chi connectivity index (χ2v) is 9.13. The van der Waals surface area contributed by atoms with Crippen molar-refractivity contribution in [2.75, 3.05) is 19.0 Å². The number of rotatable bonds is 8. The van der Waals surface area contributed by atoms with Crippen LogP contribution in [0, 0.1) is 18.3 Å². The average molecular weight is 483 g/mol. The van der Waals surface area contributed by atoms with Crippen LogP contribution in [0.5, 0.6) is 5.75 Å². The zero-order valence-corrected chi connectivity index (χ0v) is 20.7. The predicted molar refractivity (Wildman–Crippen MR) is 136 cm³/mol. The van der Waals surface area contributed by atoms with E-state index in [9.17, 15) is 14.9 Å². The van der Waals surface area contributed by atoms with E-state index in [1.807, 2.05) is 44.2 Å². The molecule has 0 bridgehead atoms. The highest BCUT2D eigenvalue weighted by atomic mass is 32.2. The van der Waals surface area contributed by atoms with Crippen LogP contribution in [0.4, 0.5) is 5.82 Å². The van der Waals surface area contributed by atoms with Gasteiger partial charge in [-0.1, -0.05) is 43.0 Å². The number of hydrogen-bond donors (Lipinski definition) is 1. The molecule has 0 atom stereocenters. The van der Waals surface area contributed by atoms with Gasteiger partial charge < -0.3 is 10.1 Å². The van der Waals surface area contributed by atoms with Crippen molar-refractivity contribution in [3.05, 3.63) is 61.8 Å². The highest BCUT2D eigenvalue weighted by Crippen LogP contribution is 2.35. The number of nitrogens with one attached hydrogen (secondary N) is 1. The first-order chi connectivity index (χ1) is 15.9. The Labute approximate surface area is 203 Å². The molecule has 1 aliphatic heterocycles.